The molecule has 6 nitrogen and oxygen atoms in total. The third-order valence-corrected chi connectivity index (χ3v) is 4.05. The molecule has 6 heteroatoms. The van der Waals surface area contributed by atoms with Gasteiger partial charge in [0, 0.05) is 5.39 Å². The van der Waals surface area contributed by atoms with Crippen LogP contribution in [0, 0.1) is 6.92 Å². The van der Waals surface area contributed by atoms with Gasteiger partial charge in [-0.25, -0.2) is 14.4 Å². The molecule has 1 heterocycles. The molecule has 0 saturated carbocycles. The summed E-state index contributed by atoms with van der Waals surface area (Å²) in [7, 11) is 2.42. The molecular weight excluding hydrogens is 336 g/mol. The molecule has 0 unspecified atom stereocenters. The fourth-order valence-corrected chi connectivity index (χ4v) is 2.66. The number of ether oxygens (including phenoxy) is 2. The van der Waals surface area contributed by atoms with Gasteiger partial charge in [-0.1, -0.05) is 29.8 Å². The van der Waals surface area contributed by atoms with Gasteiger partial charge >= 0.3 is 17.6 Å². The molecule has 1 aromatic heterocycles. The van der Waals surface area contributed by atoms with Gasteiger partial charge in [0.2, 0.25) is 0 Å². The Morgan fingerprint density at radius 2 is 1.46 bits per heavy atom. The van der Waals surface area contributed by atoms with Crippen LogP contribution in [-0.4, -0.2) is 26.2 Å². The highest BCUT2D eigenvalue weighted by atomic mass is 16.5. The molecule has 3 rings (SSSR count). The predicted molar refractivity (Wildman–Crippen MR) is 95.3 cm³/mol. The number of hydrogen-bond donors (Lipinski definition) is 0. The van der Waals surface area contributed by atoms with Crippen molar-refractivity contribution in [1.82, 2.24) is 0 Å². The van der Waals surface area contributed by atoms with E-state index in [4.69, 9.17) is 9.15 Å². The second-order valence-electron chi connectivity index (χ2n) is 5.73. The number of esters is 2. The molecule has 0 spiro atoms. The lowest BCUT2D eigenvalue weighted by molar-refractivity contribution is 0.0555. The molecule has 3 aromatic rings. The third kappa shape index (κ3) is 3.09. The van der Waals surface area contributed by atoms with Crippen molar-refractivity contribution >= 4 is 22.9 Å². The Hall–Kier alpha value is -3.41. The maximum atomic E-state index is 12.4. The number of methoxy groups -OCH3 is 2. The van der Waals surface area contributed by atoms with Crippen LogP contribution < -0.4 is 5.63 Å². The van der Waals surface area contributed by atoms with Crippen LogP contribution in [0.15, 0.2) is 51.7 Å². The van der Waals surface area contributed by atoms with E-state index in [-0.39, 0.29) is 16.7 Å². The van der Waals surface area contributed by atoms with Crippen molar-refractivity contribution in [1.29, 1.82) is 0 Å². The standard InChI is InChI=1S/C20H16O6/c1-11-4-6-12(7-5-11)14-8-13-9-15(18(21)24-2)16(19(22)25-3)10-17(13)26-20(14)23/h4-10H,1-3H3. The average molecular weight is 352 g/mol. The molecule has 0 aliphatic heterocycles. The lowest BCUT2D eigenvalue weighted by Gasteiger charge is -2.09. The van der Waals surface area contributed by atoms with E-state index >= 15 is 0 Å². The zero-order chi connectivity index (χ0) is 18.8. The first-order valence-corrected chi connectivity index (χ1v) is 7.80. The summed E-state index contributed by atoms with van der Waals surface area (Å²) in [5.74, 6) is -1.41. The first-order chi connectivity index (χ1) is 12.4. The van der Waals surface area contributed by atoms with Gasteiger partial charge in [0.15, 0.2) is 0 Å². The van der Waals surface area contributed by atoms with Crippen molar-refractivity contribution in [2.75, 3.05) is 14.2 Å². The molecule has 0 amide bonds. The Morgan fingerprint density at radius 3 is 2.04 bits per heavy atom. The molecule has 2 aromatic carbocycles. The highest BCUT2D eigenvalue weighted by Gasteiger charge is 2.21. The molecule has 26 heavy (non-hydrogen) atoms. The van der Waals surface area contributed by atoms with Crippen molar-refractivity contribution in [2.45, 2.75) is 6.92 Å². The third-order valence-electron chi connectivity index (χ3n) is 4.05. The summed E-state index contributed by atoms with van der Waals surface area (Å²) in [6.07, 6.45) is 0. The fraction of sp³-hybridized carbons (Fsp3) is 0.150. The summed E-state index contributed by atoms with van der Waals surface area (Å²) < 4.78 is 14.8. The van der Waals surface area contributed by atoms with E-state index < -0.39 is 17.6 Å². The first-order valence-electron chi connectivity index (χ1n) is 7.80. The summed E-state index contributed by atoms with van der Waals surface area (Å²) in [5, 5.41) is 0.494. The zero-order valence-corrected chi connectivity index (χ0v) is 14.5. The maximum absolute atomic E-state index is 12.4. The monoisotopic (exact) mass is 352 g/mol. The number of aryl methyl sites for hydroxylation is 1. The molecule has 0 radical (unpaired) electrons. The van der Waals surface area contributed by atoms with Crippen LogP contribution in [0.25, 0.3) is 22.1 Å². The summed E-state index contributed by atoms with van der Waals surface area (Å²) in [6, 6.07) is 11.8. The van der Waals surface area contributed by atoms with E-state index in [0.29, 0.717) is 16.5 Å². The minimum absolute atomic E-state index is 0.0296. The van der Waals surface area contributed by atoms with E-state index in [1.807, 2.05) is 31.2 Å². The Kier molecular flexibility index (Phi) is 4.58. The van der Waals surface area contributed by atoms with Gasteiger partial charge in [0.1, 0.15) is 5.58 Å². The van der Waals surface area contributed by atoms with E-state index in [1.54, 1.807) is 6.07 Å². The largest absolute Gasteiger partial charge is 0.465 e. The number of rotatable bonds is 3. The Balaban J connectivity index is 2.26. The van der Waals surface area contributed by atoms with E-state index in [2.05, 4.69) is 4.74 Å². The maximum Gasteiger partial charge on any atom is 0.344 e. The smallest absolute Gasteiger partial charge is 0.344 e. The van der Waals surface area contributed by atoms with Crippen LogP contribution in [0.3, 0.4) is 0 Å². The van der Waals surface area contributed by atoms with Crippen LogP contribution >= 0.6 is 0 Å². The van der Waals surface area contributed by atoms with Crippen LogP contribution in [0.4, 0.5) is 0 Å². The molecule has 0 bridgehead atoms. The summed E-state index contributed by atoms with van der Waals surface area (Å²) in [5.41, 5.74) is 1.77. The molecule has 0 aliphatic carbocycles. The molecule has 0 atom stereocenters. The van der Waals surface area contributed by atoms with Crippen molar-refractivity contribution in [3.8, 4) is 11.1 Å². The Morgan fingerprint density at radius 1 is 0.885 bits per heavy atom. The predicted octanol–water partition coefficient (Wildman–Crippen LogP) is 3.34. The van der Waals surface area contributed by atoms with Crippen LogP contribution in [0.5, 0.6) is 0 Å². The highest BCUT2D eigenvalue weighted by molar-refractivity contribution is 6.06. The molecular formula is C20H16O6. The number of hydrogen-bond acceptors (Lipinski definition) is 6. The van der Waals surface area contributed by atoms with Gasteiger partial charge in [0.05, 0.1) is 30.9 Å². The van der Waals surface area contributed by atoms with Crippen molar-refractivity contribution in [3.05, 3.63) is 69.6 Å². The quantitative estimate of drug-likeness (QED) is 0.531. The van der Waals surface area contributed by atoms with Crippen LogP contribution in [0.2, 0.25) is 0 Å². The first kappa shape index (κ1) is 17.4. The lowest BCUT2D eigenvalue weighted by atomic mass is 10.0. The van der Waals surface area contributed by atoms with E-state index in [9.17, 15) is 14.4 Å². The minimum atomic E-state index is -0.724. The van der Waals surface area contributed by atoms with Crippen molar-refractivity contribution in [2.24, 2.45) is 0 Å². The molecule has 0 aliphatic rings. The molecule has 0 N–H and O–H groups in total. The Bertz CT molecular complexity index is 1060. The van der Waals surface area contributed by atoms with Crippen LogP contribution in [-0.2, 0) is 9.47 Å². The molecule has 0 saturated heterocycles. The van der Waals surface area contributed by atoms with Gasteiger partial charge in [-0.3, -0.25) is 0 Å². The van der Waals surface area contributed by atoms with Gasteiger partial charge in [-0.15, -0.1) is 0 Å². The van der Waals surface area contributed by atoms with Crippen molar-refractivity contribution < 1.29 is 23.5 Å². The average Bonchev–Trinajstić information content (AvgIpc) is 2.66. The van der Waals surface area contributed by atoms with Gasteiger partial charge in [0.25, 0.3) is 0 Å². The minimum Gasteiger partial charge on any atom is -0.465 e. The molecule has 0 fully saturated rings. The number of carbonyl (C=O) groups excluding carboxylic acids is 2. The van der Waals surface area contributed by atoms with Gasteiger partial charge in [-0.05, 0) is 30.7 Å². The fourth-order valence-electron chi connectivity index (χ4n) is 2.66. The van der Waals surface area contributed by atoms with E-state index in [1.165, 1.54) is 26.4 Å². The second-order valence-corrected chi connectivity index (χ2v) is 5.73. The molecule has 132 valence electrons. The summed E-state index contributed by atoms with van der Waals surface area (Å²) in [4.78, 5) is 36.4. The SMILES string of the molecule is COC(=O)c1cc2cc(-c3ccc(C)cc3)c(=O)oc2cc1C(=O)OC. The van der Waals surface area contributed by atoms with Crippen LogP contribution in [0.1, 0.15) is 26.3 Å². The summed E-state index contributed by atoms with van der Waals surface area (Å²) >= 11 is 0. The topological polar surface area (TPSA) is 82.8 Å². The normalized spacial score (nSPS) is 10.6. The second kappa shape index (κ2) is 6.84. The lowest BCUT2D eigenvalue weighted by Crippen LogP contribution is -2.12. The summed E-state index contributed by atoms with van der Waals surface area (Å²) in [6.45, 7) is 1.95. The van der Waals surface area contributed by atoms with Gasteiger partial charge < -0.3 is 13.9 Å². The zero-order valence-electron chi connectivity index (χ0n) is 14.5. The number of carbonyl (C=O) groups is 2. The Labute approximate surface area is 149 Å². The number of benzene rings is 2. The van der Waals surface area contributed by atoms with E-state index in [0.717, 1.165) is 5.56 Å². The number of fused-ring (bicyclic) bond motifs is 1. The van der Waals surface area contributed by atoms with Gasteiger partial charge in [-0.2, -0.15) is 0 Å². The van der Waals surface area contributed by atoms with Crippen molar-refractivity contribution in [3.63, 3.8) is 0 Å². The highest BCUT2D eigenvalue weighted by Crippen LogP contribution is 2.25.